The summed E-state index contributed by atoms with van der Waals surface area (Å²) < 4.78 is 33.4. The summed E-state index contributed by atoms with van der Waals surface area (Å²) in [5.41, 5.74) is 2.80. The highest BCUT2D eigenvalue weighted by Crippen LogP contribution is 2.23. The summed E-state index contributed by atoms with van der Waals surface area (Å²) in [5, 5.41) is 2.81. The summed E-state index contributed by atoms with van der Waals surface area (Å²) in [6.07, 6.45) is 2.26. The number of nitrogens with one attached hydrogen (secondary N) is 2. The molecule has 0 saturated carbocycles. The number of hydrogen-bond donors (Lipinski definition) is 2. The number of sulfonamides is 1. The van der Waals surface area contributed by atoms with E-state index in [9.17, 15) is 13.2 Å². The van der Waals surface area contributed by atoms with Crippen LogP contribution < -0.4 is 14.8 Å². The van der Waals surface area contributed by atoms with Crippen molar-refractivity contribution >= 4 is 21.6 Å². The van der Waals surface area contributed by atoms with E-state index in [4.69, 9.17) is 4.74 Å². The van der Waals surface area contributed by atoms with E-state index in [1.807, 2.05) is 20.8 Å². The van der Waals surface area contributed by atoms with Gasteiger partial charge in [0.15, 0.2) is 0 Å². The lowest BCUT2D eigenvalue weighted by Crippen LogP contribution is -2.23. The zero-order chi connectivity index (χ0) is 22.4. The molecular weight excluding hydrogens is 414 g/mol. The van der Waals surface area contributed by atoms with Crippen LogP contribution in [0.4, 0.5) is 5.69 Å². The van der Waals surface area contributed by atoms with Crippen LogP contribution in [0.2, 0.25) is 0 Å². The van der Waals surface area contributed by atoms with E-state index in [1.54, 1.807) is 54.6 Å². The van der Waals surface area contributed by atoms with Crippen molar-refractivity contribution in [1.82, 2.24) is 10.3 Å². The van der Waals surface area contributed by atoms with Crippen LogP contribution in [0, 0.1) is 13.8 Å². The van der Waals surface area contributed by atoms with Gasteiger partial charge in [-0.3, -0.25) is 9.52 Å². The Bertz CT molecular complexity index is 1160. The number of aryl methyl sites for hydroxylation is 2. The molecule has 2 aromatic carbocycles. The molecule has 0 aliphatic heterocycles. The molecule has 0 radical (unpaired) electrons. The van der Waals surface area contributed by atoms with Crippen LogP contribution >= 0.6 is 0 Å². The van der Waals surface area contributed by atoms with E-state index in [-0.39, 0.29) is 10.8 Å². The minimum atomic E-state index is -3.71. The first-order chi connectivity index (χ1) is 14.8. The van der Waals surface area contributed by atoms with Crippen LogP contribution in [-0.4, -0.2) is 25.9 Å². The summed E-state index contributed by atoms with van der Waals surface area (Å²) in [7, 11) is -3.71. The number of benzene rings is 2. The molecule has 1 amide bonds. The molecule has 3 rings (SSSR count). The predicted molar refractivity (Wildman–Crippen MR) is 120 cm³/mol. The monoisotopic (exact) mass is 439 g/mol. The van der Waals surface area contributed by atoms with Crippen molar-refractivity contribution in [2.24, 2.45) is 0 Å². The van der Waals surface area contributed by atoms with Gasteiger partial charge < -0.3 is 10.1 Å². The van der Waals surface area contributed by atoms with Gasteiger partial charge >= 0.3 is 0 Å². The average molecular weight is 440 g/mol. The lowest BCUT2D eigenvalue weighted by molar-refractivity contribution is 0.0953. The first-order valence-electron chi connectivity index (χ1n) is 9.91. The number of anilines is 1. The highest BCUT2D eigenvalue weighted by molar-refractivity contribution is 7.92. The van der Waals surface area contributed by atoms with Crippen molar-refractivity contribution in [3.8, 4) is 11.6 Å². The zero-order valence-corrected chi connectivity index (χ0v) is 18.5. The predicted octanol–water partition coefficient (Wildman–Crippen LogP) is 4.43. The van der Waals surface area contributed by atoms with E-state index in [0.717, 1.165) is 17.5 Å². The molecular formula is C23H25N3O4S. The number of amides is 1. The van der Waals surface area contributed by atoms with Gasteiger partial charge in [0.2, 0.25) is 5.88 Å². The Balaban J connectivity index is 1.65. The molecule has 1 aromatic heterocycles. The maximum absolute atomic E-state index is 12.6. The maximum atomic E-state index is 12.6. The van der Waals surface area contributed by atoms with Crippen molar-refractivity contribution in [2.45, 2.75) is 32.1 Å². The minimum absolute atomic E-state index is 0.132. The third-order valence-electron chi connectivity index (χ3n) is 4.65. The summed E-state index contributed by atoms with van der Waals surface area (Å²) >= 11 is 0. The highest BCUT2D eigenvalue weighted by Gasteiger charge is 2.15. The molecule has 1 heterocycles. The Labute approximate surface area is 182 Å². The van der Waals surface area contributed by atoms with Gasteiger partial charge in [-0.15, -0.1) is 0 Å². The molecule has 0 saturated heterocycles. The topological polar surface area (TPSA) is 97.4 Å². The fourth-order valence-electron chi connectivity index (χ4n) is 2.73. The molecule has 31 heavy (non-hydrogen) atoms. The summed E-state index contributed by atoms with van der Waals surface area (Å²) in [6, 6.07) is 14.8. The highest BCUT2D eigenvalue weighted by atomic mass is 32.2. The van der Waals surface area contributed by atoms with Crippen molar-refractivity contribution < 1.29 is 17.9 Å². The van der Waals surface area contributed by atoms with Crippen molar-refractivity contribution in [3.05, 3.63) is 77.5 Å². The van der Waals surface area contributed by atoms with Crippen LogP contribution in [0.15, 0.2) is 65.7 Å². The Kier molecular flexibility index (Phi) is 6.91. The van der Waals surface area contributed by atoms with Gasteiger partial charge in [0.25, 0.3) is 15.9 Å². The molecule has 0 spiro atoms. The third kappa shape index (κ3) is 5.82. The Hall–Kier alpha value is -3.39. The van der Waals surface area contributed by atoms with Gasteiger partial charge in [-0.05, 0) is 73.9 Å². The van der Waals surface area contributed by atoms with Crippen LogP contribution in [0.1, 0.15) is 34.8 Å². The number of hydrogen-bond acceptors (Lipinski definition) is 5. The molecule has 3 aromatic rings. The first kappa shape index (κ1) is 22.3. The van der Waals surface area contributed by atoms with Gasteiger partial charge in [-0.25, -0.2) is 13.4 Å². The largest absolute Gasteiger partial charge is 0.439 e. The van der Waals surface area contributed by atoms with Gasteiger partial charge in [0.05, 0.1) is 16.8 Å². The van der Waals surface area contributed by atoms with E-state index in [1.165, 1.54) is 6.20 Å². The first-order valence-corrected chi connectivity index (χ1v) is 11.4. The fourth-order valence-corrected chi connectivity index (χ4v) is 3.86. The molecule has 0 atom stereocenters. The molecule has 2 N–H and O–H groups in total. The molecule has 7 nitrogen and oxygen atoms in total. The normalized spacial score (nSPS) is 11.1. The summed E-state index contributed by atoms with van der Waals surface area (Å²) in [6.45, 7) is 6.41. The van der Waals surface area contributed by atoms with Gasteiger partial charge in [0.1, 0.15) is 5.75 Å². The SMILES string of the molecule is CCCNC(=O)c1ccc(Oc2ccc(NS(=O)(=O)c3ccc(C)c(C)c3)cn2)cc1. The standard InChI is InChI=1S/C23H25N3O4S/c1-4-13-24-23(27)18-6-9-20(10-7-18)30-22-12-8-19(15-25-22)26-31(28,29)21-11-5-16(2)17(3)14-21/h5-12,14-15,26H,4,13H2,1-3H3,(H,24,27). The molecule has 0 unspecified atom stereocenters. The molecule has 8 heteroatoms. The molecule has 0 aliphatic carbocycles. The second-order valence-corrected chi connectivity index (χ2v) is 8.80. The third-order valence-corrected chi connectivity index (χ3v) is 6.03. The second kappa shape index (κ2) is 9.61. The average Bonchev–Trinajstić information content (AvgIpc) is 2.75. The number of rotatable bonds is 8. The van der Waals surface area contributed by atoms with Crippen LogP contribution in [-0.2, 0) is 10.0 Å². The Morgan fingerprint density at radius 1 is 1.00 bits per heavy atom. The molecule has 0 fully saturated rings. The Morgan fingerprint density at radius 3 is 2.35 bits per heavy atom. The second-order valence-electron chi connectivity index (χ2n) is 7.12. The number of aromatic nitrogens is 1. The van der Waals surface area contributed by atoms with Crippen LogP contribution in [0.3, 0.4) is 0 Å². The number of pyridine rings is 1. The van der Waals surface area contributed by atoms with Crippen molar-refractivity contribution in [1.29, 1.82) is 0 Å². The Morgan fingerprint density at radius 2 is 1.74 bits per heavy atom. The smallest absolute Gasteiger partial charge is 0.261 e. The van der Waals surface area contributed by atoms with Crippen molar-refractivity contribution in [3.63, 3.8) is 0 Å². The molecule has 0 aliphatic rings. The lowest BCUT2D eigenvalue weighted by atomic mass is 10.1. The number of carbonyl (C=O) groups excluding carboxylic acids is 1. The number of carbonyl (C=O) groups is 1. The van der Waals surface area contributed by atoms with E-state index in [2.05, 4.69) is 15.0 Å². The maximum Gasteiger partial charge on any atom is 0.261 e. The number of nitrogens with zero attached hydrogens (tertiary/aromatic N) is 1. The van der Waals surface area contributed by atoms with Gasteiger partial charge in [0, 0.05) is 18.2 Å². The quantitative estimate of drug-likeness (QED) is 0.541. The van der Waals surface area contributed by atoms with Crippen LogP contribution in [0.25, 0.3) is 0 Å². The lowest BCUT2D eigenvalue weighted by Gasteiger charge is -2.10. The van der Waals surface area contributed by atoms with E-state index < -0.39 is 10.0 Å². The van der Waals surface area contributed by atoms with Crippen LogP contribution in [0.5, 0.6) is 11.6 Å². The van der Waals surface area contributed by atoms with Gasteiger partial charge in [-0.2, -0.15) is 0 Å². The van der Waals surface area contributed by atoms with E-state index >= 15 is 0 Å². The zero-order valence-electron chi connectivity index (χ0n) is 17.7. The van der Waals surface area contributed by atoms with Gasteiger partial charge in [-0.1, -0.05) is 13.0 Å². The number of ether oxygens (including phenoxy) is 1. The van der Waals surface area contributed by atoms with E-state index in [0.29, 0.717) is 29.4 Å². The molecule has 162 valence electrons. The fraction of sp³-hybridized carbons (Fsp3) is 0.217. The summed E-state index contributed by atoms with van der Waals surface area (Å²) in [4.78, 5) is 16.3. The minimum Gasteiger partial charge on any atom is -0.439 e. The summed E-state index contributed by atoms with van der Waals surface area (Å²) in [5.74, 6) is 0.687. The van der Waals surface area contributed by atoms with Crippen molar-refractivity contribution in [2.75, 3.05) is 11.3 Å². The molecule has 0 bridgehead atoms.